The molecule has 1 fully saturated rings. The molecule has 2 N–H and O–H groups in total. The Balaban J connectivity index is 1.49. The van der Waals surface area contributed by atoms with Crippen molar-refractivity contribution in [2.45, 2.75) is 0 Å². The van der Waals surface area contributed by atoms with Gasteiger partial charge in [-0.25, -0.2) is 0 Å². The molecule has 6 heteroatoms. The van der Waals surface area contributed by atoms with Gasteiger partial charge in [0.25, 0.3) is 5.91 Å². The maximum absolute atomic E-state index is 12.8. The molecule has 3 aromatic rings. The highest BCUT2D eigenvalue weighted by atomic mass is 16.3. The first kappa shape index (κ1) is 14.6. The fourth-order valence-corrected chi connectivity index (χ4v) is 3.18. The van der Waals surface area contributed by atoms with Crippen LogP contribution in [0.3, 0.4) is 0 Å². The average Bonchev–Trinajstić information content (AvgIpc) is 3.10. The van der Waals surface area contributed by atoms with Crippen molar-refractivity contribution in [2.75, 3.05) is 31.1 Å². The van der Waals surface area contributed by atoms with Gasteiger partial charge in [-0.2, -0.15) is 5.10 Å². The number of rotatable bonds is 2. The van der Waals surface area contributed by atoms with Gasteiger partial charge in [-0.3, -0.25) is 9.89 Å². The summed E-state index contributed by atoms with van der Waals surface area (Å²) in [6.45, 7) is 2.80. The minimum Gasteiger partial charge on any atom is -0.508 e. The minimum atomic E-state index is 0.0394. The number of nitrogens with one attached hydrogen (secondary N) is 1. The lowest BCUT2D eigenvalue weighted by Gasteiger charge is -2.36. The van der Waals surface area contributed by atoms with Gasteiger partial charge in [0, 0.05) is 43.3 Å². The van der Waals surface area contributed by atoms with Gasteiger partial charge in [0.15, 0.2) is 0 Å². The van der Waals surface area contributed by atoms with E-state index in [2.05, 4.69) is 15.1 Å². The van der Waals surface area contributed by atoms with E-state index in [0.717, 1.165) is 29.7 Å². The van der Waals surface area contributed by atoms with Crippen LogP contribution in [-0.2, 0) is 0 Å². The SMILES string of the molecule is O=C(c1cccc2[nH]ncc12)N1CCN(c2cccc(O)c2)CC1. The molecule has 6 nitrogen and oxygen atoms in total. The van der Waals surface area contributed by atoms with Gasteiger partial charge >= 0.3 is 0 Å². The summed E-state index contributed by atoms with van der Waals surface area (Å²) < 4.78 is 0. The van der Waals surface area contributed by atoms with E-state index in [-0.39, 0.29) is 11.7 Å². The fourth-order valence-electron chi connectivity index (χ4n) is 3.18. The molecular weight excluding hydrogens is 304 g/mol. The molecule has 24 heavy (non-hydrogen) atoms. The second kappa shape index (κ2) is 5.88. The van der Waals surface area contributed by atoms with Crippen LogP contribution in [0.1, 0.15) is 10.4 Å². The van der Waals surface area contributed by atoms with E-state index in [1.807, 2.05) is 35.2 Å². The highest BCUT2D eigenvalue weighted by molar-refractivity contribution is 6.06. The van der Waals surface area contributed by atoms with Crippen LogP contribution in [0.4, 0.5) is 5.69 Å². The Kier molecular flexibility index (Phi) is 3.57. The number of hydrogen-bond donors (Lipinski definition) is 2. The quantitative estimate of drug-likeness (QED) is 0.759. The first-order valence-corrected chi connectivity index (χ1v) is 7.98. The van der Waals surface area contributed by atoms with Crippen LogP contribution in [0.2, 0.25) is 0 Å². The van der Waals surface area contributed by atoms with Crippen LogP contribution in [0, 0.1) is 0 Å². The van der Waals surface area contributed by atoms with Gasteiger partial charge < -0.3 is 14.9 Å². The first-order valence-electron chi connectivity index (χ1n) is 7.98. The number of hydrogen-bond acceptors (Lipinski definition) is 4. The van der Waals surface area contributed by atoms with Gasteiger partial charge in [-0.15, -0.1) is 0 Å². The highest BCUT2D eigenvalue weighted by Crippen LogP contribution is 2.23. The summed E-state index contributed by atoms with van der Waals surface area (Å²) in [7, 11) is 0. The Labute approximate surface area is 139 Å². The molecule has 0 atom stereocenters. The summed E-state index contributed by atoms with van der Waals surface area (Å²) >= 11 is 0. The molecule has 0 bridgehead atoms. The normalized spacial score (nSPS) is 15.0. The maximum atomic E-state index is 12.8. The van der Waals surface area contributed by atoms with Gasteiger partial charge in [-0.1, -0.05) is 12.1 Å². The summed E-state index contributed by atoms with van der Waals surface area (Å²) in [6.07, 6.45) is 1.70. The molecule has 1 amide bonds. The number of aromatic nitrogens is 2. The Bertz CT molecular complexity index is 881. The average molecular weight is 322 g/mol. The van der Waals surface area contributed by atoms with Crippen molar-refractivity contribution in [3.8, 4) is 5.75 Å². The molecule has 0 unspecified atom stereocenters. The molecule has 0 radical (unpaired) electrons. The molecule has 1 aliphatic heterocycles. The molecule has 1 aliphatic rings. The molecule has 2 aromatic carbocycles. The standard InChI is InChI=1S/C18H18N4O2/c23-14-4-1-3-13(11-14)21-7-9-22(10-8-21)18(24)15-5-2-6-17-16(15)12-19-20-17/h1-6,11-12,23H,7-10H2,(H,19,20). The summed E-state index contributed by atoms with van der Waals surface area (Å²) in [5.41, 5.74) is 2.55. The number of aromatic amines is 1. The zero-order valence-corrected chi connectivity index (χ0v) is 13.1. The Morgan fingerprint density at radius 1 is 1.08 bits per heavy atom. The number of benzene rings is 2. The fraction of sp³-hybridized carbons (Fsp3) is 0.222. The van der Waals surface area contributed by atoms with Crippen molar-refractivity contribution in [3.05, 3.63) is 54.2 Å². The third-order valence-corrected chi connectivity index (χ3v) is 4.48. The number of carbonyl (C=O) groups excluding carboxylic acids is 1. The maximum Gasteiger partial charge on any atom is 0.254 e. The van der Waals surface area contributed by atoms with E-state index in [1.165, 1.54) is 0 Å². The smallest absolute Gasteiger partial charge is 0.254 e. The molecule has 0 saturated carbocycles. The van der Waals surface area contributed by atoms with Gasteiger partial charge in [-0.05, 0) is 24.3 Å². The lowest BCUT2D eigenvalue weighted by Crippen LogP contribution is -2.48. The zero-order chi connectivity index (χ0) is 16.5. The van der Waals surface area contributed by atoms with Crippen LogP contribution in [0.5, 0.6) is 5.75 Å². The van der Waals surface area contributed by atoms with Crippen molar-refractivity contribution >= 4 is 22.5 Å². The number of piperazine rings is 1. The largest absolute Gasteiger partial charge is 0.508 e. The lowest BCUT2D eigenvalue weighted by atomic mass is 10.1. The van der Waals surface area contributed by atoms with Crippen molar-refractivity contribution in [2.24, 2.45) is 0 Å². The van der Waals surface area contributed by atoms with E-state index in [4.69, 9.17) is 0 Å². The molecule has 2 heterocycles. The summed E-state index contributed by atoms with van der Waals surface area (Å²) in [4.78, 5) is 16.9. The number of carbonyl (C=O) groups is 1. The second-order valence-corrected chi connectivity index (χ2v) is 5.94. The van der Waals surface area contributed by atoms with Crippen molar-refractivity contribution in [3.63, 3.8) is 0 Å². The molecule has 0 aliphatic carbocycles. The lowest BCUT2D eigenvalue weighted by molar-refractivity contribution is 0.0748. The number of nitrogens with zero attached hydrogens (tertiary/aromatic N) is 3. The predicted molar refractivity (Wildman–Crippen MR) is 92.3 cm³/mol. The van der Waals surface area contributed by atoms with E-state index in [1.54, 1.807) is 18.3 Å². The summed E-state index contributed by atoms with van der Waals surface area (Å²) in [6, 6.07) is 12.9. The van der Waals surface area contributed by atoms with E-state index in [0.29, 0.717) is 18.7 Å². The Morgan fingerprint density at radius 3 is 2.67 bits per heavy atom. The predicted octanol–water partition coefficient (Wildman–Crippen LogP) is 2.23. The van der Waals surface area contributed by atoms with Crippen LogP contribution in [0.25, 0.3) is 10.9 Å². The minimum absolute atomic E-state index is 0.0394. The van der Waals surface area contributed by atoms with Crippen molar-refractivity contribution < 1.29 is 9.90 Å². The number of fused-ring (bicyclic) bond motifs is 1. The Morgan fingerprint density at radius 2 is 1.88 bits per heavy atom. The van der Waals surface area contributed by atoms with Crippen LogP contribution in [0.15, 0.2) is 48.7 Å². The first-order chi connectivity index (χ1) is 11.7. The number of H-pyrrole nitrogens is 1. The number of phenolic OH excluding ortho intramolecular Hbond substituents is 1. The van der Waals surface area contributed by atoms with Gasteiger partial charge in [0.05, 0.1) is 17.3 Å². The van der Waals surface area contributed by atoms with E-state index in [9.17, 15) is 9.90 Å². The Hall–Kier alpha value is -3.02. The topological polar surface area (TPSA) is 72.5 Å². The summed E-state index contributed by atoms with van der Waals surface area (Å²) in [5, 5.41) is 17.4. The van der Waals surface area contributed by atoms with E-state index < -0.39 is 0 Å². The molecule has 1 saturated heterocycles. The number of aromatic hydroxyl groups is 1. The van der Waals surface area contributed by atoms with Gasteiger partial charge in [0.1, 0.15) is 5.75 Å². The molecule has 122 valence electrons. The number of anilines is 1. The van der Waals surface area contributed by atoms with E-state index >= 15 is 0 Å². The van der Waals surface area contributed by atoms with Gasteiger partial charge in [0.2, 0.25) is 0 Å². The zero-order valence-electron chi connectivity index (χ0n) is 13.1. The number of amides is 1. The molecule has 4 rings (SSSR count). The third kappa shape index (κ3) is 2.56. The number of phenols is 1. The second-order valence-electron chi connectivity index (χ2n) is 5.94. The van der Waals surface area contributed by atoms with Crippen molar-refractivity contribution in [1.29, 1.82) is 0 Å². The van der Waals surface area contributed by atoms with Crippen molar-refractivity contribution in [1.82, 2.24) is 15.1 Å². The molecule has 1 aromatic heterocycles. The molecule has 0 spiro atoms. The van der Waals surface area contributed by atoms with Crippen LogP contribution < -0.4 is 4.90 Å². The monoisotopic (exact) mass is 322 g/mol. The highest BCUT2D eigenvalue weighted by Gasteiger charge is 2.23. The third-order valence-electron chi connectivity index (χ3n) is 4.48. The van der Waals surface area contributed by atoms with Crippen LogP contribution >= 0.6 is 0 Å². The van der Waals surface area contributed by atoms with Crippen LogP contribution in [-0.4, -0.2) is 52.3 Å². The molecular formula is C18H18N4O2. The summed E-state index contributed by atoms with van der Waals surface area (Å²) in [5.74, 6) is 0.301.